The number of nitro groups is 1. The van der Waals surface area contributed by atoms with Crippen molar-refractivity contribution in [1.29, 1.82) is 5.26 Å². The fourth-order valence-corrected chi connectivity index (χ4v) is 2.05. The molecule has 9 heteroatoms. The SMILES string of the molecule is N#Cc1cc(O)c(O)c([N+](=O)[O-])c1C(=O)N1CCOCC1. The second-order valence-electron chi connectivity index (χ2n) is 4.29. The molecule has 9 nitrogen and oxygen atoms in total. The molecule has 1 aromatic rings. The smallest absolute Gasteiger partial charge is 0.328 e. The van der Waals surface area contributed by atoms with Crippen LogP contribution in [0.4, 0.5) is 5.69 Å². The summed E-state index contributed by atoms with van der Waals surface area (Å²) in [6, 6.07) is 2.45. The molecule has 0 bridgehead atoms. The molecular weight excluding hydrogens is 282 g/mol. The van der Waals surface area contributed by atoms with Crippen molar-refractivity contribution in [3.63, 3.8) is 0 Å². The normalized spacial score (nSPS) is 14.5. The van der Waals surface area contributed by atoms with Gasteiger partial charge in [-0.25, -0.2) is 0 Å². The Balaban J connectivity index is 2.60. The predicted octanol–water partition coefficient (Wildman–Crippen LogP) is 0.350. The van der Waals surface area contributed by atoms with Crippen LogP contribution in [0.25, 0.3) is 0 Å². The average Bonchev–Trinajstić information content (AvgIpc) is 2.49. The molecule has 0 aromatic heterocycles. The summed E-state index contributed by atoms with van der Waals surface area (Å²) in [7, 11) is 0. The fraction of sp³-hybridized carbons (Fsp3) is 0.333. The highest BCUT2D eigenvalue weighted by atomic mass is 16.6. The lowest BCUT2D eigenvalue weighted by molar-refractivity contribution is -0.386. The Kier molecular flexibility index (Phi) is 3.91. The zero-order valence-corrected chi connectivity index (χ0v) is 10.8. The lowest BCUT2D eigenvalue weighted by Gasteiger charge is -2.27. The number of benzene rings is 1. The first-order chi connectivity index (χ1) is 9.97. The Hall–Kier alpha value is -2.86. The lowest BCUT2D eigenvalue weighted by atomic mass is 10.0. The van der Waals surface area contributed by atoms with E-state index in [0.717, 1.165) is 6.07 Å². The first-order valence-corrected chi connectivity index (χ1v) is 5.97. The number of nitro benzene ring substituents is 1. The topological polar surface area (TPSA) is 137 Å². The van der Waals surface area contributed by atoms with E-state index in [9.17, 15) is 25.1 Å². The second-order valence-corrected chi connectivity index (χ2v) is 4.29. The highest BCUT2D eigenvalue weighted by Crippen LogP contribution is 2.40. The number of rotatable bonds is 2. The summed E-state index contributed by atoms with van der Waals surface area (Å²) in [5.74, 6) is -2.61. The summed E-state index contributed by atoms with van der Waals surface area (Å²) in [5, 5.41) is 39.2. The van der Waals surface area contributed by atoms with E-state index in [1.807, 2.05) is 0 Å². The molecule has 0 saturated carbocycles. The van der Waals surface area contributed by atoms with Gasteiger partial charge in [0, 0.05) is 19.2 Å². The lowest BCUT2D eigenvalue weighted by Crippen LogP contribution is -2.41. The van der Waals surface area contributed by atoms with Crippen LogP contribution in [0.3, 0.4) is 0 Å². The molecule has 1 aromatic carbocycles. The van der Waals surface area contributed by atoms with Crippen molar-refractivity contribution in [2.75, 3.05) is 26.3 Å². The molecule has 0 unspecified atom stereocenters. The largest absolute Gasteiger partial charge is 0.504 e. The van der Waals surface area contributed by atoms with Gasteiger partial charge in [0.1, 0.15) is 11.6 Å². The maximum absolute atomic E-state index is 12.4. The Labute approximate surface area is 118 Å². The van der Waals surface area contributed by atoms with Crippen LogP contribution in [-0.2, 0) is 4.74 Å². The Bertz CT molecular complexity index is 645. The zero-order chi connectivity index (χ0) is 15.6. The maximum Gasteiger partial charge on any atom is 0.328 e. The molecule has 0 spiro atoms. The van der Waals surface area contributed by atoms with Gasteiger partial charge in [0.25, 0.3) is 5.91 Å². The number of aromatic hydroxyl groups is 2. The standard InChI is InChI=1S/C12H11N3O6/c13-6-7-5-8(16)11(17)10(15(19)20)9(7)12(18)14-1-3-21-4-2-14/h5,16-17H,1-4H2. The van der Waals surface area contributed by atoms with Crippen LogP contribution >= 0.6 is 0 Å². The first kappa shape index (κ1) is 14.5. The van der Waals surface area contributed by atoms with Crippen molar-refractivity contribution >= 4 is 11.6 Å². The van der Waals surface area contributed by atoms with Gasteiger partial charge in [-0.1, -0.05) is 0 Å². The Morgan fingerprint density at radius 3 is 2.57 bits per heavy atom. The number of phenols is 2. The van der Waals surface area contributed by atoms with Crippen LogP contribution in [0.2, 0.25) is 0 Å². The summed E-state index contributed by atoms with van der Waals surface area (Å²) in [5.41, 5.74) is -1.86. The second kappa shape index (κ2) is 5.64. The molecule has 110 valence electrons. The number of ether oxygens (including phenoxy) is 1. The summed E-state index contributed by atoms with van der Waals surface area (Å²) in [6.07, 6.45) is 0. The third-order valence-corrected chi connectivity index (χ3v) is 3.07. The van der Waals surface area contributed by atoms with Crippen LogP contribution in [0, 0.1) is 21.4 Å². The number of morpholine rings is 1. The van der Waals surface area contributed by atoms with Gasteiger partial charge in [0.2, 0.25) is 5.75 Å². The molecular formula is C12H11N3O6. The van der Waals surface area contributed by atoms with Gasteiger partial charge in [0.05, 0.1) is 23.7 Å². The summed E-state index contributed by atoms with van der Waals surface area (Å²) in [4.78, 5) is 23.8. The van der Waals surface area contributed by atoms with Crippen LogP contribution in [0.5, 0.6) is 11.5 Å². The van der Waals surface area contributed by atoms with E-state index < -0.39 is 33.6 Å². The number of nitriles is 1. The molecule has 1 aliphatic heterocycles. The molecule has 21 heavy (non-hydrogen) atoms. The molecule has 0 atom stereocenters. The fourth-order valence-electron chi connectivity index (χ4n) is 2.05. The number of hydrogen-bond donors (Lipinski definition) is 2. The summed E-state index contributed by atoms with van der Waals surface area (Å²) in [6.45, 7) is 1.02. The van der Waals surface area contributed by atoms with Crippen LogP contribution in [0.15, 0.2) is 6.07 Å². The van der Waals surface area contributed by atoms with Crippen molar-refractivity contribution in [3.8, 4) is 17.6 Å². The number of phenolic OH excluding ortho intramolecular Hbond substituents is 2. The van der Waals surface area contributed by atoms with E-state index in [4.69, 9.17) is 10.00 Å². The van der Waals surface area contributed by atoms with Crippen molar-refractivity contribution in [2.24, 2.45) is 0 Å². The van der Waals surface area contributed by atoms with Gasteiger partial charge >= 0.3 is 5.69 Å². The van der Waals surface area contributed by atoms with Gasteiger partial charge in [-0.05, 0) is 0 Å². The average molecular weight is 293 g/mol. The number of carbonyl (C=O) groups excluding carboxylic acids is 1. The number of carbonyl (C=O) groups is 1. The highest BCUT2D eigenvalue weighted by Gasteiger charge is 2.34. The molecule has 0 aliphatic carbocycles. The van der Waals surface area contributed by atoms with E-state index in [2.05, 4.69) is 0 Å². The van der Waals surface area contributed by atoms with Gasteiger partial charge in [-0.15, -0.1) is 0 Å². The maximum atomic E-state index is 12.4. The number of hydrogen-bond acceptors (Lipinski definition) is 7. The molecule has 2 N–H and O–H groups in total. The number of nitrogens with zero attached hydrogens (tertiary/aromatic N) is 3. The summed E-state index contributed by atoms with van der Waals surface area (Å²) < 4.78 is 5.08. The third-order valence-electron chi connectivity index (χ3n) is 3.07. The van der Waals surface area contributed by atoms with E-state index in [1.165, 1.54) is 4.90 Å². The van der Waals surface area contributed by atoms with E-state index in [1.54, 1.807) is 6.07 Å². The van der Waals surface area contributed by atoms with Crippen molar-refractivity contribution < 1.29 is 24.7 Å². The van der Waals surface area contributed by atoms with Gasteiger partial charge in [0.15, 0.2) is 5.75 Å². The van der Waals surface area contributed by atoms with Gasteiger partial charge in [-0.3, -0.25) is 14.9 Å². The summed E-state index contributed by atoms with van der Waals surface area (Å²) >= 11 is 0. The van der Waals surface area contributed by atoms with Crippen molar-refractivity contribution in [2.45, 2.75) is 0 Å². The zero-order valence-electron chi connectivity index (χ0n) is 10.8. The predicted molar refractivity (Wildman–Crippen MR) is 67.9 cm³/mol. The Morgan fingerprint density at radius 1 is 1.43 bits per heavy atom. The molecule has 1 heterocycles. The minimum atomic E-state index is -1.03. The Morgan fingerprint density at radius 2 is 2.05 bits per heavy atom. The monoisotopic (exact) mass is 293 g/mol. The molecule has 1 saturated heterocycles. The van der Waals surface area contributed by atoms with Crippen molar-refractivity contribution in [3.05, 3.63) is 27.3 Å². The van der Waals surface area contributed by atoms with Crippen LogP contribution in [0.1, 0.15) is 15.9 Å². The van der Waals surface area contributed by atoms with Crippen LogP contribution in [-0.4, -0.2) is 52.2 Å². The molecule has 2 rings (SSSR count). The van der Waals surface area contributed by atoms with E-state index >= 15 is 0 Å². The number of amides is 1. The third kappa shape index (κ3) is 2.56. The minimum Gasteiger partial charge on any atom is -0.504 e. The van der Waals surface area contributed by atoms with E-state index in [0.29, 0.717) is 0 Å². The quantitative estimate of drug-likeness (QED) is 0.456. The molecule has 1 aliphatic rings. The van der Waals surface area contributed by atoms with Crippen molar-refractivity contribution in [1.82, 2.24) is 4.90 Å². The minimum absolute atomic E-state index is 0.225. The first-order valence-electron chi connectivity index (χ1n) is 5.97. The van der Waals surface area contributed by atoms with Gasteiger partial charge < -0.3 is 19.8 Å². The highest BCUT2D eigenvalue weighted by molar-refractivity contribution is 6.02. The molecule has 1 amide bonds. The van der Waals surface area contributed by atoms with E-state index in [-0.39, 0.29) is 31.9 Å². The van der Waals surface area contributed by atoms with Crippen LogP contribution < -0.4 is 0 Å². The van der Waals surface area contributed by atoms with Gasteiger partial charge in [-0.2, -0.15) is 5.26 Å². The molecule has 0 radical (unpaired) electrons. The molecule has 1 fully saturated rings.